The molecule has 0 bridgehead atoms. The lowest BCUT2D eigenvalue weighted by atomic mass is 9.82. The zero-order valence-corrected chi connectivity index (χ0v) is 10.6. The Hall–Kier alpha value is -0.580. The van der Waals surface area contributed by atoms with Gasteiger partial charge in [-0.1, -0.05) is 12.1 Å². The molecule has 0 spiro atoms. The van der Waals surface area contributed by atoms with Gasteiger partial charge in [-0.25, -0.2) is 0 Å². The molecule has 0 amide bonds. The summed E-state index contributed by atoms with van der Waals surface area (Å²) in [6.45, 7) is 5.42. The highest BCUT2D eigenvalue weighted by atomic mass is 127. The topological polar surface area (TPSA) is 37.3 Å². The Morgan fingerprint density at radius 1 is 1.43 bits per heavy atom. The van der Waals surface area contributed by atoms with Gasteiger partial charge in [0.15, 0.2) is 0 Å². The SMILES string of the molecule is Cc1c(I)cccc1C(C)(C)C(=O)O. The van der Waals surface area contributed by atoms with Gasteiger partial charge >= 0.3 is 5.97 Å². The van der Waals surface area contributed by atoms with Crippen LogP contribution in [-0.4, -0.2) is 11.1 Å². The van der Waals surface area contributed by atoms with E-state index in [1.807, 2.05) is 25.1 Å². The van der Waals surface area contributed by atoms with Crippen molar-refractivity contribution in [2.24, 2.45) is 0 Å². The van der Waals surface area contributed by atoms with Crippen LogP contribution in [0.25, 0.3) is 0 Å². The molecule has 0 unspecified atom stereocenters. The molecule has 1 aromatic rings. The fourth-order valence-corrected chi connectivity index (χ4v) is 1.90. The van der Waals surface area contributed by atoms with Crippen molar-refractivity contribution >= 4 is 28.6 Å². The van der Waals surface area contributed by atoms with Gasteiger partial charge in [0.1, 0.15) is 0 Å². The molecular formula is C11H13IO2. The van der Waals surface area contributed by atoms with Gasteiger partial charge in [-0.3, -0.25) is 4.79 Å². The van der Waals surface area contributed by atoms with Crippen LogP contribution in [0.5, 0.6) is 0 Å². The summed E-state index contributed by atoms with van der Waals surface area (Å²) in [5.74, 6) is -0.789. The fraction of sp³-hybridized carbons (Fsp3) is 0.364. The molecular weight excluding hydrogens is 291 g/mol. The summed E-state index contributed by atoms with van der Waals surface area (Å²) < 4.78 is 1.11. The van der Waals surface area contributed by atoms with E-state index in [4.69, 9.17) is 5.11 Å². The molecule has 1 N–H and O–H groups in total. The van der Waals surface area contributed by atoms with Crippen molar-refractivity contribution in [1.29, 1.82) is 0 Å². The van der Waals surface area contributed by atoms with E-state index in [0.717, 1.165) is 14.7 Å². The maximum absolute atomic E-state index is 11.1. The van der Waals surface area contributed by atoms with E-state index in [1.165, 1.54) is 0 Å². The normalized spacial score (nSPS) is 11.4. The monoisotopic (exact) mass is 304 g/mol. The number of aliphatic carboxylic acids is 1. The van der Waals surface area contributed by atoms with Crippen molar-refractivity contribution in [3.8, 4) is 0 Å². The Morgan fingerprint density at radius 2 is 2.00 bits per heavy atom. The highest BCUT2D eigenvalue weighted by Gasteiger charge is 2.31. The molecule has 0 aliphatic carbocycles. The van der Waals surface area contributed by atoms with Gasteiger partial charge in [0, 0.05) is 3.57 Å². The van der Waals surface area contributed by atoms with Gasteiger partial charge in [-0.05, 0) is 60.6 Å². The largest absolute Gasteiger partial charge is 0.481 e. The second-order valence-electron chi connectivity index (χ2n) is 3.84. The Bertz CT molecular complexity index is 370. The minimum atomic E-state index is -0.814. The Balaban J connectivity index is 3.33. The highest BCUT2D eigenvalue weighted by Crippen LogP contribution is 2.28. The molecule has 0 aliphatic heterocycles. The minimum Gasteiger partial charge on any atom is -0.481 e. The van der Waals surface area contributed by atoms with Crippen LogP contribution in [0, 0.1) is 10.5 Å². The van der Waals surface area contributed by atoms with Gasteiger partial charge in [0.05, 0.1) is 5.41 Å². The number of hydrogen-bond acceptors (Lipinski definition) is 1. The number of benzene rings is 1. The van der Waals surface area contributed by atoms with Crippen LogP contribution in [-0.2, 0) is 10.2 Å². The molecule has 0 saturated carbocycles. The maximum atomic E-state index is 11.1. The fourth-order valence-electron chi connectivity index (χ4n) is 1.40. The molecule has 0 heterocycles. The molecule has 0 saturated heterocycles. The van der Waals surface area contributed by atoms with Gasteiger partial charge in [0.2, 0.25) is 0 Å². The van der Waals surface area contributed by atoms with Crippen LogP contribution in [0.3, 0.4) is 0 Å². The standard InChI is InChI=1S/C11H13IO2/c1-7-8(5-4-6-9(7)12)11(2,3)10(13)14/h4-6H,1-3H3,(H,13,14). The van der Waals surface area contributed by atoms with Crippen molar-refractivity contribution in [3.05, 3.63) is 32.9 Å². The number of carboxylic acids is 1. The number of rotatable bonds is 2. The first-order valence-corrected chi connectivity index (χ1v) is 5.44. The third kappa shape index (κ3) is 1.92. The van der Waals surface area contributed by atoms with Gasteiger partial charge in [-0.15, -0.1) is 0 Å². The molecule has 0 atom stereocenters. The Kier molecular flexibility index (Phi) is 3.19. The Morgan fingerprint density at radius 3 is 2.50 bits per heavy atom. The van der Waals surface area contributed by atoms with Crippen molar-refractivity contribution < 1.29 is 9.90 Å². The molecule has 3 heteroatoms. The van der Waals surface area contributed by atoms with Crippen molar-refractivity contribution in [1.82, 2.24) is 0 Å². The molecule has 0 fully saturated rings. The zero-order valence-electron chi connectivity index (χ0n) is 8.47. The quantitative estimate of drug-likeness (QED) is 0.853. The molecule has 2 nitrogen and oxygen atoms in total. The van der Waals surface area contributed by atoms with Gasteiger partial charge in [0.25, 0.3) is 0 Å². The van der Waals surface area contributed by atoms with E-state index in [0.29, 0.717) is 0 Å². The summed E-state index contributed by atoms with van der Waals surface area (Å²) in [5, 5.41) is 9.11. The zero-order chi connectivity index (χ0) is 10.9. The van der Waals surface area contributed by atoms with E-state index in [-0.39, 0.29) is 0 Å². The van der Waals surface area contributed by atoms with Gasteiger partial charge < -0.3 is 5.11 Å². The molecule has 76 valence electrons. The van der Waals surface area contributed by atoms with Gasteiger partial charge in [-0.2, -0.15) is 0 Å². The first kappa shape index (κ1) is 11.5. The van der Waals surface area contributed by atoms with Crippen LogP contribution in [0.1, 0.15) is 25.0 Å². The summed E-state index contributed by atoms with van der Waals surface area (Å²) in [6.07, 6.45) is 0. The van der Waals surface area contributed by atoms with E-state index >= 15 is 0 Å². The molecule has 1 rings (SSSR count). The summed E-state index contributed by atoms with van der Waals surface area (Å²) in [5.41, 5.74) is 1.13. The van der Waals surface area contributed by atoms with E-state index < -0.39 is 11.4 Å². The first-order valence-electron chi connectivity index (χ1n) is 4.36. The van der Waals surface area contributed by atoms with Crippen molar-refractivity contribution in [2.75, 3.05) is 0 Å². The second-order valence-corrected chi connectivity index (χ2v) is 5.00. The van der Waals surface area contributed by atoms with Crippen LogP contribution in [0.15, 0.2) is 18.2 Å². The summed E-state index contributed by atoms with van der Waals surface area (Å²) in [4.78, 5) is 11.1. The predicted molar refractivity (Wildman–Crippen MR) is 64.6 cm³/mol. The lowest BCUT2D eigenvalue weighted by Gasteiger charge is -2.22. The number of carboxylic acid groups (broad SMARTS) is 1. The first-order chi connectivity index (χ1) is 6.37. The molecule has 14 heavy (non-hydrogen) atoms. The average molecular weight is 304 g/mol. The minimum absolute atomic E-state index is 0.789. The van der Waals surface area contributed by atoms with Crippen LogP contribution < -0.4 is 0 Å². The third-order valence-corrected chi connectivity index (χ3v) is 3.64. The van der Waals surface area contributed by atoms with Crippen molar-refractivity contribution in [2.45, 2.75) is 26.2 Å². The molecule has 0 radical (unpaired) electrons. The van der Waals surface area contributed by atoms with Crippen LogP contribution >= 0.6 is 22.6 Å². The summed E-state index contributed by atoms with van der Waals surface area (Å²) in [7, 11) is 0. The summed E-state index contributed by atoms with van der Waals surface area (Å²) in [6, 6.07) is 5.76. The maximum Gasteiger partial charge on any atom is 0.313 e. The summed E-state index contributed by atoms with van der Waals surface area (Å²) >= 11 is 2.22. The van der Waals surface area contributed by atoms with E-state index in [9.17, 15) is 4.79 Å². The lowest BCUT2D eigenvalue weighted by Crippen LogP contribution is -2.29. The third-order valence-electron chi connectivity index (χ3n) is 2.48. The van der Waals surface area contributed by atoms with E-state index in [2.05, 4.69) is 22.6 Å². The smallest absolute Gasteiger partial charge is 0.313 e. The second kappa shape index (κ2) is 3.88. The lowest BCUT2D eigenvalue weighted by molar-refractivity contribution is -0.142. The number of hydrogen-bond donors (Lipinski definition) is 1. The van der Waals surface area contributed by atoms with E-state index in [1.54, 1.807) is 13.8 Å². The van der Waals surface area contributed by atoms with Crippen molar-refractivity contribution in [3.63, 3.8) is 0 Å². The predicted octanol–water partition coefficient (Wildman–Crippen LogP) is 2.96. The Labute approximate surface area is 97.5 Å². The average Bonchev–Trinajstić information content (AvgIpc) is 2.09. The number of carbonyl (C=O) groups is 1. The highest BCUT2D eigenvalue weighted by molar-refractivity contribution is 14.1. The van der Waals surface area contributed by atoms with Crippen LogP contribution in [0.2, 0.25) is 0 Å². The molecule has 1 aromatic carbocycles. The molecule has 0 aliphatic rings. The molecule has 0 aromatic heterocycles. The number of halogens is 1. The van der Waals surface area contributed by atoms with Crippen LogP contribution in [0.4, 0.5) is 0 Å².